The number of rotatable bonds is 3. The molecule has 22 heavy (non-hydrogen) atoms. The molecule has 2 aromatic carbocycles. The van der Waals surface area contributed by atoms with Crippen LogP contribution in [0.2, 0.25) is 0 Å². The van der Waals surface area contributed by atoms with Gasteiger partial charge in [-0.2, -0.15) is 4.31 Å². The predicted octanol–water partition coefficient (Wildman–Crippen LogP) is 2.26. The third kappa shape index (κ3) is 3.10. The summed E-state index contributed by atoms with van der Waals surface area (Å²) in [7, 11) is -3.50. The van der Waals surface area contributed by atoms with Crippen LogP contribution in [-0.2, 0) is 22.2 Å². The average molecular weight is 315 g/mol. The smallest absolute Gasteiger partial charge is 0.218 e. The van der Waals surface area contributed by atoms with Crippen LogP contribution in [0.1, 0.15) is 21.5 Å². The van der Waals surface area contributed by atoms with E-state index in [1.165, 1.54) is 4.31 Å². The number of sulfonamides is 1. The average Bonchev–Trinajstić information content (AvgIpc) is 2.68. The van der Waals surface area contributed by atoms with Crippen LogP contribution in [0.15, 0.2) is 54.6 Å². The third-order valence-electron chi connectivity index (χ3n) is 3.85. The van der Waals surface area contributed by atoms with Gasteiger partial charge in [-0.25, -0.2) is 8.42 Å². The second-order valence-corrected chi connectivity index (χ2v) is 7.37. The zero-order valence-electron chi connectivity index (χ0n) is 12.1. The molecule has 0 spiro atoms. The molecule has 0 bridgehead atoms. The molecule has 0 saturated heterocycles. The number of nitrogens with zero attached hydrogens (tertiary/aromatic N) is 1. The molecule has 0 aliphatic carbocycles. The number of carbonyl (C=O) groups excluding carboxylic acids is 1. The van der Waals surface area contributed by atoms with Crippen LogP contribution in [0, 0.1) is 0 Å². The summed E-state index contributed by atoms with van der Waals surface area (Å²) in [6.45, 7) is 0.268. The molecule has 0 atom stereocenters. The lowest BCUT2D eigenvalue weighted by Crippen LogP contribution is -2.36. The van der Waals surface area contributed by atoms with E-state index in [-0.39, 0.29) is 18.1 Å². The predicted molar refractivity (Wildman–Crippen MR) is 85.1 cm³/mol. The Kier molecular flexibility index (Phi) is 4.09. The normalized spacial score (nSPS) is 16.1. The van der Waals surface area contributed by atoms with Gasteiger partial charge >= 0.3 is 0 Å². The zero-order chi connectivity index (χ0) is 15.6. The van der Waals surface area contributed by atoms with Crippen molar-refractivity contribution in [3.8, 4) is 0 Å². The van der Waals surface area contributed by atoms with E-state index in [0.29, 0.717) is 18.5 Å². The van der Waals surface area contributed by atoms with E-state index in [1.807, 2.05) is 36.4 Å². The van der Waals surface area contributed by atoms with Crippen molar-refractivity contribution in [3.63, 3.8) is 0 Å². The summed E-state index contributed by atoms with van der Waals surface area (Å²) in [5.74, 6) is -0.206. The lowest BCUT2D eigenvalue weighted by atomic mass is 10.0. The Bertz CT molecular complexity index is 785. The lowest BCUT2D eigenvalue weighted by molar-refractivity contribution is 0.0971. The third-order valence-corrected chi connectivity index (χ3v) is 5.65. The Labute approximate surface area is 130 Å². The van der Waals surface area contributed by atoms with Crippen molar-refractivity contribution in [2.24, 2.45) is 0 Å². The topological polar surface area (TPSA) is 54.5 Å². The number of benzene rings is 2. The molecule has 0 N–H and O–H groups in total. The van der Waals surface area contributed by atoms with Crippen LogP contribution < -0.4 is 0 Å². The molecule has 1 aliphatic rings. The Balaban J connectivity index is 1.83. The monoisotopic (exact) mass is 315 g/mol. The van der Waals surface area contributed by atoms with E-state index in [9.17, 15) is 13.2 Å². The molecule has 0 aromatic heterocycles. The lowest BCUT2D eigenvalue weighted by Gasteiger charge is -2.19. The fourth-order valence-corrected chi connectivity index (χ4v) is 4.17. The van der Waals surface area contributed by atoms with Crippen molar-refractivity contribution in [1.82, 2.24) is 4.31 Å². The van der Waals surface area contributed by atoms with E-state index in [1.54, 1.807) is 18.2 Å². The van der Waals surface area contributed by atoms with E-state index in [0.717, 1.165) is 11.1 Å². The summed E-state index contributed by atoms with van der Waals surface area (Å²) in [5.41, 5.74) is 2.29. The Morgan fingerprint density at radius 3 is 2.41 bits per heavy atom. The molecule has 1 aliphatic heterocycles. The van der Waals surface area contributed by atoms with Crippen molar-refractivity contribution in [2.45, 2.75) is 12.2 Å². The second kappa shape index (κ2) is 6.02. The van der Waals surface area contributed by atoms with Crippen LogP contribution >= 0.6 is 0 Å². The molecule has 1 heterocycles. The minimum absolute atomic E-state index is 0.0720. The molecule has 3 rings (SSSR count). The highest BCUT2D eigenvalue weighted by Gasteiger charge is 2.28. The number of carbonyl (C=O) groups is 1. The minimum atomic E-state index is -3.50. The Hall–Kier alpha value is -1.98. The van der Waals surface area contributed by atoms with E-state index < -0.39 is 10.0 Å². The standard InChI is InChI=1S/C17H17NO3S/c19-17-12-18(11-10-15-8-4-5-9-16(15)17)22(20,21)13-14-6-2-1-3-7-14/h1-9H,10-13H2. The van der Waals surface area contributed by atoms with Crippen molar-refractivity contribution >= 4 is 15.8 Å². The van der Waals surface area contributed by atoms with Crippen LogP contribution in [0.25, 0.3) is 0 Å². The molecule has 114 valence electrons. The molecule has 0 radical (unpaired) electrons. The number of hydrogen-bond donors (Lipinski definition) is 0. The fraction of sp³-hybridized carbons (Fsp3) is 0.235. The summed E-state index contributed by atoms with van der Waals surface area (Å²) in [5, 5.41) is 0. The molecule has 0 amide bonds. The maximum absolute atomic E-state index is 12.6. The highest BCUT2D eigenvalue weighted by molar-refractivity contribution is 7.88. The van der Waals surface area contributed by atoms with Crippen LogP contribution in [0.4, 0.5) is 0 Å². The van der Waals surface area contributed by atoms with Gasteiger partial charge in [0.1, 0.15) is 0 Å². The van der Waals surface area contributed by atoms with Crippen molar-refractivity contribution in [3.05, 3.63) is 71.3 Å². The van der Waals surface area contributed by atoms with Gasteiger partial charge in [-0.3, -0.25) is 4.79 Å². The van der Waals surface area contributed by atoms with Crippen molar-refractivity contribution in [2.75, 3.05) is 13.1 Å². The maximum atomic E-state index is 12.6. The Morgan fingerprint density at radius 1 is 0.955 bits per heavy atom. The van der Waals surface area contributed by atoms with Gasteiger partial charge in [-0.1, -0.05) is 54.6 Å². The SMILES string of the molecule is O=C1CN(S(=O)(=O)Cc2ccccc2)CCc2ccccc21. The first kappa shape index (κ1) is 14.9. The fourth-order valence-electron chi connectivity index (χ4n) is 2.69. The number of ketones is 1. The first-order valence-electron chi connectivity index (χ1n) is 7.19. The number of hydrogen-bond acceptors (Lipinski definition) is 3. The quantitative estimate of drug-likeness (QED) is 0.873. The largest absolute Gasteiger partial charge is 0.293 e. The van der Waals surface area contributed by atoms with E-state index in [2.05, 4.69) is 0 Å². The zero-order valence-corrected chi connectivity index (χ0v) is 12.9. The first-order valence-corrected chi connectivity index (χ1v) is 8.80. The molecule has 0 fully saturated rings. The molecular formula is C17H17NO3S. The molecule has 5 heteroatoms. The molecule has 4 nitrogen and oxygen atoms in total. The van der Waals surface area contributed by atoms with Crippen LogP contribution in [-0.4, -0.2) is 31.6 Å². The van der Waals surface area contributed by atoms with Crippen LogP contribution in [0.3, 0.4) is 0 Å². The molecule has 0 saturated carbocycles. The van der Waals surface area contributed by atoms with Gasteiger partial charge in [0.2, 0.25) is 10.0 Å². The number of fused-ring (bicyclic) bond motifs is 1. The first-order chi connectivity index (χ1) is 10.6. The summed E-state index contributed by atoms with van der Waals surface area (Å²) in [4.78, 5) is 12.3. The maximum Gasteiger partial charge on any atom is 0.218 e. The highest BCUT2D eigenvalue weighted by Crippen LogP contribution is 2.19. The summed E-state index contributed by atoms with van der Waals surface area (Å²) in [6.07, 6.45) is 0.565. The highest BCUT2D eigenvalue weighted by atomic mass is 32.2. The number of Topliss-reactive ketones (excluding diaryl/α,β-unsaturated/α-hetero) is 1. The molecular weight excluding hydrogens is 298 g/mol. The molecule has 2 aromatic rings. The minimum Gasteiger partial charge on any atom is -0.293 e. The van der Waals surface area contributed by atoms with Gasteiger partial charge in [0.25, 0.3) is 0 Å². The van der Waals surface area contributed by atoms with Crippen molar-refractivity contribution < 1.29 is 13.2 Å². The van der Waals surface area contributed by atoms with Crippen LogP contribution in [0.5, 0.6) is 0 Å². The summed E-state index contributed by atoms with van der Waals surface area (Å²) >= 11 is 0. The molecule has 0 unspecified atom stereocenters. The Morgan fingerprint density at radius 2 is 1.64 bits per heavy atom. The van der Waals surface area contributed by atoms with Gasteiger partial charge in [-0.05, 0) is 17.5 Å². The second-order valence-electron chi connectivity index (χ2n) is 5.41. The van der Waals surface area contributed by atoms with E-state index >= 15 is 0 Å². The van der Waals surface area contributed by atoms with Gasteiger partial charge in [0.05, 0.1) is 12.3 Å². The summed E-state index contributed by atoms with van der Waals surface area (Å²) < 4.78 is 26.5. The van der Waals surface area contributed by atoms with E-state index in [4.69, 9.17) is 0 Å². The van der Waals surface area contributed by atoms with Gasteiger partial charge in [-0.15, -0.1) is 0 Å². The van der Waals surface area contributed by atoms with Gasteiger partial charge in [0, 0.05) is 12.1 Å². The van der Waals surface area contributed by atoms with Crippen molar-refractivity contribution in [1.29, 1.82) is 0 Å². The van der Waals surface area contributed by atoms with Gasteiger partial charge in [0.15, 0.2) is 5.78 Å². The summed E-state index contributed by atoms with van der Waals surface area (Å²) in [6, 6.07) is 16.4. The van der Waals surface area contributed by atoms with Gasteiger partial charge < -0.3 is 0 Å².